The molecule has 3 amide bonds. The van der Waals surface area contributed by atoms with Crippen LogP contribution in [0.5, 0.6) is 0 Å². The van der Waals surface area contributed by atoms with Crippen molar-refractivity contribution >= 4 is 23.9 Å². The molecule has 0 aliphatic rings. The molecule has 37 heavy (non-hydrogen) atoms. The SMILES string of the molecule is CCOC(=O)CCNC(=O)C(c1cccc(C)c1C)N(CCO)C(=O)C(NC(=O)OC(C)(C)C)C(C)C. The molecular weight excluding hydrogens is 478 g/mol. The first-order valence-corrected chi connectivity index (χ1v) is 12.6. The van der Waals surface area contributed by atoms with E-state index >= 15 is 0 Å². The van der Waals surface area contributed by atoms with Crippen molar-refractivity contribution in [3.8, 4) is 0 Å². The molecule has 0 bridgehead atoms. The maximum Gasteiger partial charge on any atom is 0.408 e. The normalized spacial score (nSPS) is 12.9. The molecule has 10 heteroatoms. The summed E-state index contributed by atoms with van der Waals surface area (Å²) in [5.41, 5.74) is 1.55. The van der Waals surface area contributed by atoms with Gasteiger partial charge in [0.15, 0.2) is 0 Å². The third-order valence-corrected chi connectivity index (χ3v) is 5.66. The number of hydrogen-bond donors (Lipinski definition) is 3. The molecular formula is C27H43N3O7. The van der Waals surface area contributed by atoms with E-state index in [1.807, 2.05) is 19.9 Å². The maximum absolute atomic E-state index is 13.8. The van der Waals surface area contributed by atoms with Gasteiger partial charge < -0.3 is 30.1 Å². The fourth-order valence-electron chi connectivity index (χ4n) is 3.74. The van der Waals surface area contributed by atoms with Gasteiger partial charge in [0.05, 0.1) is 19.6 Å². The summed E-state index contributed by atoms with van der Waals surface area (Å²) in [7, 11) is 0. The molecule has 1 rings (SSSR count). The topological polar surface area (TPSA) is 134 Å². The third-order valence-electron chi connectivity index (χ3n) is 5.66. The molecule has 0 radical (unpaired) electrons. The van der Waals surface area contributed by atoms with Gasteiger partial charge in [0.2, 0.25) is 11.8 Å². The van der Waals surface area contributed by atoms with Gasteiger partial charge in [-0.3, -0.25) is 14.4 Å². The number of esters is 1. The first-order chi connectivity index (χ1) is 17.2. The van der Waals surface area contributed by atoms with Crippen LogP contribution in [0.15, 0.2) is 18.2 Å². The fraction of sp³-hybridized carbons (Fsp3) is 0.630. The van der Waals surface area contributed by atoms with Crippen LogP contribution in [-0.4, -0.2) is 71.8 Å². The monoisotopic (exact) mass is 521 g/mol. The van der Waals surface area contributed by atoms with Crippen molar-refractivity contribution in [1.82, 2.24) is 15.5 Å². The molecule has 2 unspecified atom stereocenters. The highest BCUT2D eigenvalue weighted by molar-refractivity contribution is 5.92. The van der Waals surface area contributed by atoms with Gasteiger partial charge in [0.25, 0.3) is 0 Å². The fourth-order valence-corrected chi connectivity index (χ4v) is 3.74. The van der Waals surface area contributed by atoms with Gasteiger partial charge in [-0.1, -0.05) is 32.0 Å². The van der Waals surface area contributed by atoms with Crippen LogP contribution < -0.4 is 10.6 Å². The van der Waals surface area contributed by atoms with Gasteiger partial charge in [-0.25, -0.2) is 4.79 Å². The zero-order valence-corrected chi connectivity index (χ0v) is 23.3. The number of nitrogens with zero attached hydrogens (tertiary/aromatic N) is 1. The number of nitrogens with one attached hydrogen (secondary N) is 2. The van der Waals surface area contributed by atoms with E-state index in [0.717, 1.165) is 11.1 Å². The Bertz CT molecular complexity index is 940. The number of amides is 3. The summed E-state index contributed by atoms with van der Waals surface area (Å²) in [5, 5.41) is 15.2. The van der Waals surface area contributed by atoms with Gasteiger partial charge >= 0.3 is 12.1 Å². The van der Waals surface area contributed by atoms with E-state index in [0.29, 0.717) is 5.56 Å². The largest absolute Gasteiger partial charge is 0.466 e. The number of benzene rings is 1. The zero-order valence-electron chi connectivity index (χ0n) is 23.3. The summed E-state index contributed by atoms with van der Waals surface area (Å²) < 4.78 is 10.3. The molecule has 10 nitrogen and oxygen atoms in total. The Morgan fingerprint density at radius 2 is 1.76 bits per heavy atom. The molecule has 0 aliphatic heterocycles. The van der Waals surface area contributed by atoms with Crippen molar-refractivity contribution < 1.29 is 33.8 Å². The Balaban J connectivity index is 3.40. The number of carbonyl (C=O) groups is 4. The smallest absolute Gasteiger partial charge is 0.408 e. The molecule has 2 atom stereocenters. The Morgan fingerprint density at radius 1 is 1.11 bits per heavy atom. The Hall–Kier alpha value is -3.14. The van der Waals surface area contributed by atoms with Gasteiger partial charge in [-0.05, 0) is 64.2 Å². The third kappa shape index (κ3) is 10.0. The van der Waals surface area contributed by atoms with Crippen molar-refractivity contribution in [1.29, 1.82) is 0 Å². The number of carbonyl (C=O) groups excluding carboxylic acids is 4. The average molecular weight is 522 g/mol. The van der Waals surface area contributed by atoms with Gasteiger partial charge in [0.1, 0.15) is 17.7 Å². The van der Waals surface area contributed by atoms with Crippen molar-refractivity contribution in [3.63, 3.8) is 0 Å². The van der Waals surface area contributed by atoms with Crippen molar-refractivity contribution in [2.75, 3.05) is 26.3 Å². The summed E-state index contributed by atoms with van der Waals surface area (Å²) in [6.07, 6.45) is -0.785. The minimum Gasteiger partial charge on any atom is -0.466 e. The summed E-state index contributed by atoms with van der Waals surface area (Å²) in [6.45, 7) is 13.8. The number of aliphatic hydroxyl groups excluding tert-OH is 1. The lowest BCUT2D eigenvalue weighted by Gasteiger charge is -2.36. The van der Waals surface area contributed by atoms with Crippen LogP contribution in [0.1, 0.15) is 70.7 Å². The number of rotatable bonds is 12. The first-order valence-electron chi connectivity index (χ1n) is 12.6. The molecule has 3 N–H and O–H groups in total. The second kappa shape index (κ2) is 14.6. The van der Waals surface area contributed by atoms with Crippen LogP contribution in [-0.2, 0) is 23.9 Å². The average Bonchev–Trinajstić information content (AvgIpc) is 2.78. The van der Waals surface area contributed by atoms with E-state index in [-0.39, 0.29) is 32.0 Å². The molecule has 0 aromatic heterocycles. The highest BCUT2D eigenvalue weighted by atomic mass is 16.6. The number of alkyl carbamates (subject to hydrolysis) is 1. The number of aryl methyl sites for hydroxylation is 1. The highest BCUT2D eigenvalue weighted by Gasteiger charge is 2.38. The molecule has 0 saturated heterocycles. The van der Waals surface area contributed by atoms with Crippen LogP contribution >= 0.6 is 0 Å². The molecule has 0 spiro atoms. The lowest BCUT2D eigenvalue weighted by Crippen LogP contribution is -2.55. The lowest BCUT2D eigenvalue weighted by atomic mass is 9.94. The van der Waals surface area contributed by atoms with Gasteiger partial charge in [-0.2, -0.15) is 0 Å². The van der Waals surface area contributed by atoms with E-state index in [4.69, 9.17) is 9.47 Å². The predicted molar refractivity (Wildman–Crippen MR) is 140 cm³/mol. The molecule has 1 aromatic rings. The Kier molecular flexibility index (Phi) is 12.6. The van der Waals surface area contributed by atoms with Gasteiger partial charge in [0, 0.05) is 13.1 Å². The minimum atomic E-state index is -1.11. The zero-order chi connectivity index (χ0) is 28.3. The quantitative estimate of drug-likeness (QED) is 0.360. The number of hydrogen-bond acceptors (Lipinski definition) is 7. The van der Waals surface area contributed by atoms with Crippen molar-refractivity contribution in [2.24, 2.45) is 5.92 Å². The molecule has 0 heterocycles. The van der Waals surface area contributed by atoms with Crippen molar-refractivity contribution in [2.45, 2.75) is 79.5 Å². The molecule has 0 saturated carbocycles. The summed E-state index contributed by atoms with van der Waals surface area (Å²) in [6, 6.07) is 3.32. The standard InChI is InChI=1S/C27H43N3O7/c1-9-36-21(32)13-14-28-24(33)23(20-12-10-11-18(4)19(20)5)30(15-16-31)25(34)22(17(2)3)29-26(35)37-27(6,7)8/h10-12,17,22-23,31H,9,13-16H2,1-8H3,(H,28,33)(H,29,35). The van der Waals surface area contributed by atoms with Crippen LogP contribution in [0.4, 0.5) is 4.79 Å². The number of ether oxygens (including phenoxy) is 2. The van der Waals surface area contributed by atoms with E-state index < -0.39 is 48.2 Å². The lowest BCUT2D eigenvalue weighted by molar-refractivity contribution is -0.145. The first kappa shape index (κ1) is 31.9. The van der Waals surface area contributed by atoms with E-state index in [2.05, 4.69) is 10.6 Å². The highest BCUT2D eigenvalue weighted by Crippen LogP contribution is 2.28. The molecule has 1 aromatic carbocycles. The summed E-state index contributed by atoms with van der Waals surface area (Å²) in [5.74, 6) is -1.84. The number of aliphatic hydroxyl groups is 1. The minimum absolute atomic E-state index is 0.0178. The summed E-state index contributed by atoms with van der Waals surface area (Å²) >= 11 is 0. The van der Waals surface area contributed by atoms with E-state index in [9.17, 15) is 24.3 Å². The maximum atomic E-state index is 13.8. The van der Waals surface area contributed by atoms with Crippen LogP contribution in [0.2, 0.25) is 0 Å². The van der Waals surface area contributed by atoms with E-state index in [1.54, 1.807) is 53.7 Å². The molecule has 208 valence electrons. The van der Waals surface area contributed by atoms with Crippen LogP contribution in [0.3, 0.4) is 0 Å². The Morgan fingerprint density at radius 3 is 2.30 bits per heavy atom. The van der Waals surface area contributed by atoms with E-state index in [1.165, 1.54) is 4.90 Å². The molecule has 0 fully saturated rings. The second-order valence-corrected chi connectivity index (χ2v) is 10.2. The van der Waals surface area contributed by atoms with Crippen LogP contribution in [0, 0.1) is 19.8 Å². The summed E-state index contributed by atoms with van der Waals surface area (Å²) in [4.78, 5) is 52.9. The second-order valence-electron chi connectivity index (χ2n) is 10.2. The predicted octanol–water partition coefficient (Wildman–Crippen LogP) is 2.78. The van der Waals surface area contributed by atoms with Gasteiger partial charge in [-0.15, -0.1) is 0 Å². The Labute approximate surface area is 220 Å². The molecule has 0 aliphatic carbocycles. The van der Waals surface area contributed by atoms with Crippen LogP contribution in [0.25, 0.3) is 0 Å². The van der Waals surface area contributed by atoms with Crippen molar-refractivity contribution in [3.05, 3.63) is 34.9 Å².